The molecule has 0 saturated carbocycles. The summed E-state index contributed by atoms with van der Waals surface area (Å²) in [6, 6.07) is 12.0. The Kier molecular flexibility index (Phi) is 5.80. The number of hydrogen-bond donors (Lipinski definition) is 1. The Morgan fingerprint density at radius 2 is 1.91 bits per heavy atom. The van der Waals surface area contributed by atoms with Crippen LogP contribution in [0.2, 0.25) is 0 Å². The van der Waals surface area contributed by atoms with Gasteiger partial charge >= 0.3 is 0 Å². The second kappa shape index (κ2) is 8.71. The van der Waals surface area contributed by atoms with Crippen molar-refractivity contribution in [3.8, 4) is 17.4 Å². The van der Waals surface area contributed by atoms with Crippen molar-refractivity contribution in [2.45, 2.75) is 19.0 Å². The Morgan fingerprint density at radius 1 is 1.24 bits per heavy atom. The highest BCUT2D eigenvalue weighted by Gasteiger charge is 2.42. The molecule has 4 rings (SSSR count). The van der Waals surface area contributed by atoms with Crippen molar-refractivity contribution in [3.05, 3.63) is 59.8 Å². The number of ether oxygens (including phenoxy) is 1. The summed E-state index contributed by atoms with van der Waals surface area (Å²) < 4.78 is 11.3. The fraction of sp³-hybridized carbons (Fsp3) is 0.227. The predicted molar refractivity (Wildman–Crippen MR) is 111 cm³/mol. The Balaban J connectivity index is 1.54. The van der Waals surface area contributed by atoms with Crippen LogP contribution < -0.4 is 25.2 Å². The minimum absolute atomic E-state index is 0.0203. The monoisotopic (exact) mass is 451 g/mol. The number of benzene rings is 2. The molecule has 0 radical (unpaired) electrons. The van der Waals surface area contributed by atoms with Gasteiger partial charge in [-0.1, -0.05) is 0 Å². The minimum atomic E-state index is -0.785. The number of aromatic nitrogens is 2. The maximum atomic E-state index is 13.0. The molecule has 3 amide bonds. The van der Waals surface area contributed by atoms with E-state index >= 15 is 0 Å². The molecule has 1 saturated heterocycles. The number of amides is 3. The predicted octanol–water partition coefficient (Wildman–Crippen LogP) is -0.104. The van der Waals surface area contributed by atoms with Crippen LogP contribution in [0.25, 0.3) is 5.69 Å². The third-order valence-electron chi connectivity index (χ3n) is 5.48. The van der Waals surface area contributed by atoms with E-state index in [0.717, 1.165) is 4.90 Å². The number of methoxy groups -OCH3 is 1. The number of primary amides is 1. The van der Waals surface area contributed by atoms with Gasteiger partial charge in [-0.3, -0.25) is 19.3 Å². The minimum Gasteiger partial charge on any atom is -0.539 e. The summed E-state index contributed by atoms with van der Waals surface area (Å²) in [4.78, 5) is 39.6. The maximum Gasteiger partial charge on any atom is 0.254 e. The van der Waals surface area contributed by atoms with Crippen LogP contribution in [-0.4, -0.2) is 48.1 Å². The first-order valence-electron chi connectivity index (χ1n) is 9.99. The highest BCUT2D eigenvalue weighted by molar-refractivity contribution is 6.22. The zero-order valence-electron chi connectivity index (χ0n) is 17.9. The number of likely N-dealkylation sites (N-methyl/N-ethyl adjacent to an activating group) is 1. The molecule has 2 heterocycles. The van der Waals surface area contributed by atoms with Crippen LogP contribution in [0.5, 0.6) is 11.7 Å². The smallest absolute Gasteiger partial charge is 0.254 e. The number of hydrogen-bond acceptors (Lipinski definition) is 8. The van der Waals surface area contributed by atoms with E-state index in [1.165, 1.54) is 28.9 Å². The number of nitrogens with two attached hydrogens (primary N) is 1. The van der Waals surface area contributed by atoms with Gasteiger partial charge in [-0.2, -0.15) is 0 Å². The van der Waals surface area contributed by atoms with Crippen molar-refractivity contribution in [1.29, 1.82) is 0 Å². The summed E-state index contributed by atoms with van der Waals surface area (Å²) in [5, 5.41) is 16.1. The molecule has 2 N–H and O–H groups in total. The molecule has 3 aromatic rings. The number of nitrogens with zero attached hydrogens (tertiary/aromatic N) is 4. The lowest BCUT2D eigenvalue weighted by molar-refractivity contribution is -0.678. The molecular formula is C22H21N5O6. The maximum absolute atomic E-state index is 13.0. The first kappa shape index (κ1) is 22.0. The Morgan fingerprint density at radius 3 is 2.52 bits per heavy atom. The second-order valence-corrected chi connectivity index (χ2v) is 7.53. The zero-order valence-corrected chi connectivity index (χ0v) is 17.9. The summed E-state index contributed by atoms with van der Waals surface area (Å²) in [6.07, 6.45) is -0.0606. The topological polar surface area (TPSA) is 146 Å². The second-order valence-electron chi connectivity index (χ2n) is 7.53. The number of imide groups is 1. The van der Waals surface area contributed by atoms with Crippen LogP contribution in [0, 0.1) is 0 Å². The molecule has 1 unspecified atom stereocenters. The highest BCUT2D eigenvalue weighted by Crippen LogP contribution is 2.27. The van der Waals surface area contributed by atoms with Crippen LogP contribution >= 0.6 is 0 Å². The molecule has 0 aliphatic carbocycles. The molecule has 1 aromatic heterocycles. The normalized spacial score (nSPS) is 16.0. The summed E-state index contributed by atoms with van der Waals surface area (Å²) in [5.74, 6) is -1.43. The van der Waals surface area contributed by atoms with E-state index in [1.807, 2.05) is 0 Å². The SMILES string of the molecule is COc1ccc(-[n+]2noc([O-])c2CN(C)C2CC(=O)N(c3ccc(C(N)=O)cc3)C2=O)cc1. The molecule has 0 bridgehead atoms. The van der Waals surface area contributed by atoms with Gasteiger partial charge in [0.15, 0.2) is 5.95 Å². The average molecular weight is 451 g/mol. The van der Waals surface area contributed by atoms with Gasteiger partial charge in [0.05, 0.1) is 37.1 Å². The molecule has 2 aromatic carbocycles. The van der Waals surface area contributed by atoms with Crippen molar-refractivity contribution in [3.63, 3.8) is 0 Å². The third kappa shape index (κ3) is 4.13. The van der Waals surface area contributed by atoms with Crippen LogP contribution in [0.4, 0.5) is 5.69 Å². The van der Waals surface area contributed by atoms with Crippen LogP contribution in [-0.2, 0) is 16.1 Å². The first-order chi connectivity index (χ1) is 15.8. The van der Waals surface area contributed by atoms with Crippen molar-refractivity contribution in [2.75, 3.05) is 19.1 Å². The summed E-state index contributed by atoms with van der Waals surface area (Å²) >= 11 is 0. The van der Waals surface area contributed by atoms with Crippen LogP contribution in [0.15, 0.2) is 53.1 Å². The van der Waals surface area contributed by atoms with Gasteiger partial charge in [0.2, 0.25) is 17.5 Å². The molecule has 1 fully saturated rings. The Hall–Kier alpha value is -4.25. The lowest BCUT2D eigenvalue weighted by atomic mass is 10.2. The fourth-order valence-electron chi connectivity index (χ4n) is 3.68. The number of carbonyl (C=O) groups excluding carboxylic acids is 3. The van der Waals surface area contributed by atoms with Gasteiger partial charge in [0, 0.05) is 17.7 Å². The lowest BCUT2D eigenvalue weighted by Gasteiger charge is -2.21. The van der Waals surface area contributed by atoms with E-state index in [0.29, 0.717) is 17.1 Å². The molecule has 170 valence electrons. The summed E-state index contributed by atoms with van der Waals surface area (Å²) in [6.45, 7) is 0.0203. The lowest BCUT2D eigenvalue weighted by Crippen LogP contribution is -2.44. The molecule has 1 aliphatic rings. The molecule has 33 heavy (non-hydrogen) atoms. The molecule has 1 atom stereocenters. The number of carbonyl (C=O) groups is 3. The molecule has 1 aliphatic heterocycles. The fourth-order valence-corrected chi connectivity index (χ4v) is 3.68. The third-order valence-corrected chi connectivity index (χ3v) is 5.48. The molecule has 0 spiro atoms. The summed E-state index contributed by atoms with van der Waals surface area (Å²) in [5.41, 5.74) is 6.63. The van der Waals surface area contributed by atoms with E-state index in [2.05, 4.69) is 5.27 Å². The van der Waals surface area contributed by atoms with Gasteiger partial charge in [-0.15, -0.1) is 0 Å². The summed E-state index contributed by atoms with van der Waals surface area (Å²) in [7, 11) is 3.18. The van der Waals surface area contributed by atoms with Crippen molar-refractivity contribution in [1.82, 2.24) is 10.2 Å². The Bertz CT molecular complexity index is 1210. The van der Waals surface area contributed by atoms with Crippen LogP contribution in [0.1, 0.15) is 22.5 Å². The van der Waals surface area contributed by atoms with Gasteiger partial charge in [0.1, 0.15) is 5.75 Å². The van der Waals surface area contributed by atoms with E-state index < -0.39 is 23.8 Å². The first-order valence-corrected chi connectivity index (χ1v) is 9.99. The van der Waals surface area contributed by atoms with E-state index in [-0.39, 0.29) is 30.1 Å². The quantitative estimate of drug-likeness (QED) is 0.387. The molecule has 11 nitrogen and oxygen atoms in total. The van der Waals surface area contributed by atoms with E-state index in [1.54, 1.807) is 43.3 Å². The van der Waals surface area contributed by atoms with Gasteiger partial charge < -0.3 is 20.1 Å². The highest BCUT2D eigenvalue weighted by atomic mass is 16.6. The van der Waals surface area contributed by atoms with E-state index in [4.69, 9.17) is 15.0 Å². The van der Waals surface area contributed by atoms with Crippen LogP contribution in [0.3, 0.4) is 0 Å². The van der Waals surface area contributed by atoms with Gasteiger partial charge in [-0.05, 0) is 48.1 Å². The molecule has 11 heteroatoms. The van der Waals surface area contributed by atoms with Gasteiger partial charge in [-0.25, -0.2) is 4.90 Å². The zero-order chi connectivity index (χ0) is 23.7. The molecular weight excluding hydrogens is 430 g/mol. The number of anilines is 1. The van der Waals surface area contributed by atoms with Crippen molar-refractivity contribution in [2.24, 2.45) is 5.73 Å². The van der Waals surface area contributed by atoms with Gasteiger partial charge in [0.25, 0.3) is 11.6 Å². The van der Waals surface area contributed by atoms with Crippen molar-refractivity contribution < 1.29 is 33.4 Å². The number of rotatable bonds is 7. The average Bonchev–Trinajstić information content (AvgIpc) is 3.32. The van der Waals surface area contributed by atoms with E-state index in [9.17, 15) is 19.5 Å². The standard InChI is InChI=1S/C22H21N5O6/c1-25(12-18-22(31)33-24-27(18)15-7-9-16(32-2)10-8-15)17-11-19(28)26(21(17)30)14-5-3-13(4-6-14)20(23)29/h3-10,17H,11-12H2,1-2H3,(H2-,23,24,29,31). The largest absolute Gasteiger partial charge is 0.539 e. The Labute approximate surface area is 188 Å². The van der Waals surface area contributed by atoms with Crippen molar-refractivity contribution >= 4 is 23.4 Å².